The van der Waals surface area contributed by atoms with E-state index in [-0.39, 0.29) is 46.4 Å². The molecular weight excluding hydrogens is 442 g/mol. The number of rotatable bonds is 9. The lowest BCUT2D eigenvalue weighted by molar-refractivity contribution is -0.113. The van der Waals surface area contributed by atoms with Crippen molar-refractivity contribution in [1.82, 2.24) is 20.2 Å². The molecule has 2 aromatic rings. The lowest BCUT2D eigenvalue weighted by Crippen LogP contribution is -2.17. The molecule has 0 bridgehead atoms. The van der Waals surface area contributed by atoms with Crippen LogP contribution in [0.4, 0.5) is 5.00 Å². The Morgan fingerprint density at radius 2 is 1.84 bits per heavy atom. The van der Waals surface area contributed by atoms with Crippen LogP contribution in [0.1, 0.15) is 71.2 Å². The van der Waals surface area contributed by atoms with E-state index in [1.165, 1.54) is 11.8 Å². The van der Waals surface area contributed by atoms with Crippen LogP contribution in [0.25, 0.3) is 0 Å². The summed E-state index contributed by atoms with van der Waals surface area (Å²) in [5, 5.41) is 15.4. The topological polar surface area (TPSA) is 125 Å². The van der Waals surface area contributed by atoms with Crippen molar-refractivity contribution >= 4 is 45.9 Å². The molecule has 1 aliphatic rings. The molecule has 31 heavy (non-hydrogen) atoms. The van der Waals surface area contributed by atoms with Gasteiger partial charge in [0.1, 0.15) is 9.88 Å². The van der Waals surface area contributed by atoms with E-state index in [2.05, 4.69) is 20.8 Å². The molecule has 0 aromatic carbocycles. The monoisotopic (exact) mass is 467 g/mol. The molecular formula is C19H25N5O5S2. The van der Waals surface area contributed by atoms with Gasteiger partial charge in [0, 0.05) is 0 Å². The molecule has 1 amide bonds. The fraction of sp³-hybridized carbons (Fsp3) is 0.579. The van der Waals surface area contributed by atoms with Gasteiger partial charge in [0.15, 0.2) is 0 Å². The number of tetrazole rings is 1. The Bertz CT molecular complexity index is 952. The van der Waals surface area contributed by atoms with Gasteiger partial charge >= 0.3 is 11.9 Å². The lowest BCUT2D eigenvalue weighted by Gasteiger charge is -2.10. The van der Waals surface area contributed by atoms with Crippen molar-refractivity contribution in [3.8, 4) is 0 Å². The summed E-state index contributed by atoms with van der Waals surface area (Å²) in [6.07, 6.45) is 4.34. The predicted octanol–water partition coefficient (Wildman–Crippen LogP) is 3.24. The maximum atomic E-state index is 12.6. The molecule has 2 heterocycles. The predicted molar refractivity (Wildman–Crippen MR) is 116 cm³/mol. The number of thiophene rings is 1. The maximum absolute atomic E-state index is 12.6. The van der Waals surface area contributed by atoms with E-state index in [1.807, 2.05) is 0 Å². The van der Waals surface area contributed by atoms with Gasteiger partial charge < -0.3 is 14.8 Å². The van der Waals surface area contributed by atoms with Crippen LogP contribution in [-0.2, 0) is 14.3 Å². The molecule has 12 heteroatoms. The molecule has 2 aromatic heterocycles. The Morgan fingerprint density at radius 1 is 1.16 bits per heavy atom. The second-order valence-corrected chi connectivity index (χ2v) is 8.85. The van der Waals surface area contributed by atoms with Crippen molar-refractivity contribution in [1.29, 1.82) is 0 Å². The Morgan fingerprint density at radius 3 is 2.52 bits per heavy atom. The number of aromatic nitrogens is 4. The Hall–Kier alpha value is -2.47. The number of hydrogen-bond donors (Lipinski definition) is 1. The fourth-order valence-corrected chi connectivity index (χ4v) is 5.24. The molecule has 0 aliphatic heterocycles. The van der Waals surface area contributed by atoms with Gasteiger partial charge in [-0.15, -0.1) is 16.4 Å². The zero-order chi connectivity index (χ0) is 22.4. The number of carbonyl (C=O) groups is 3. The number of ether oxygens (including phenoxy) is 2. The fourth-order valence-electron chi connectivity index (χ4n) is 3.39. The Balaban J connectivity index is 1.73. The van der Waals surface area contributed by atoms with Crippen LogP contribution in [0.2, 0.25) is 0 Å². The number of hydrogen-bond acceptors (Lipinski definition) is 10. The molecule has 0 spiro atoms. The summed E-state index contributed by atoms with van der Waals surface area (Å²) in [5.74, 6) is -1.42. The maximum Gasteiger partial charge on any atom is 0.348 e. The number of nitrogens with zero attached hydrogens (tertiary/aromatic N) is 4. The molecule has 0 unspecified atom stereocenters. The molecule has 0 radical (unpaired) electrons. The normalized spacial score (nSPS) is 13.9. The third kappa shape index (κ3) is 5.42. The minimum atomic E-state index is -0.597. The van der Waals surface area contributed by atoms with Crippen molar-refractivity contribution < 1.29 is 23.9 Å². The number of nitrogens with one attached hydrogen (secondary N) is 1. The third-order valence-electron chi connectivity index (χ3n) is 4.81. The molecule has 168 valence electrons. The van der Waals surface area contributed by atoms with Gasteiger partial charge in [-0.1, -0.05) is 24.6 Å². The van der Waals surface area contributed by atoms with Gasteiger partial charge in [-0.3, -0.25) is 4.79 Å². The molecule has 1 saturated carbocycles. The van der Waals surface area contributed by atoms with E-state index in [9.17, 15) is 14.4 Å². The van der Waals surface area contributed by atoms with Gasteiger partial charge in [-0.25, -0.2) is 14.3 Å². The van der Waals surface area contributed by atoms with E-state index in [0.717, 1.165) is 37.0 Å². The second-order valence-electron chi connectivity index (χ2n) is 6.88. The number of amides is 1. The van der Waals surface area contributed by atoms with E-state index in [4.69, 9.17) is 9.47 Å². The van der Waals surface area contributed by atoms with Crippen molar-refractivity contribution in [3.05, 3.63) is 16.0 Å². The molecule has 0 atom stereocenters. The van der Waals surface area contributed by atoms with Crippen LogP contribution in [0.3, 0.4) is 0 Å². The first-order valence-electron chi connectivity index (χ1n) is 10.1. The number of esters is 2. The highest BCUT2D eigenvalue weighted by molar-refractivity contribution is 7.99. The van der Waals surface area contributed by atoms with E-state index in [0.29, 0.717) is 10.7 Å². The summed E-state index contributed by atoms with van der Waals surface area (Å²) in [4.78, 5) is 37.6. The SMILES string of the molecule is CCOC(=O)c1sc(NC(=O)CSc2nnnn2C2CCCC2)c(C(=O)OCC)c1C. The molecule has 10 nitrogen and oxygen atoms in total. The number of carbonyl (C=O) groups excluding carboxylic acids is 3. The van der Waals surface area contributed by atoms with Gasteiger partial charge in [-0.05, 0) is 49.6 Å². The molecule has 0 saturated heterocycles. The van der Waals surface area contributed by atoms with E-state index in [1.54, 1.807) is 25.5 Å². The van der Waals surface area contributed by atoms with E-state index >= 15 is 0 Å². The second kappa shape index (κ2) is 10.7. The highest BCUT2D eigenvalue weighted by Crippen LogP contribution is 2.35. The summed E-state index contributed by atoms with van der Waals surface area (Å²) >= 11 is 2.23. The zero-order valence-electron chi connectivity index (χ0n) is 17.7. The van der Waals surface area contributed by atoms with Crippen molar-refractivity contribution in [2.75, 3.05) is 24.3 Å². The summed E-state index contributed by atoms with van der Waals surface area (Å²) in [7, 11) is 0. The summed E-state index contributed by atoms with van der Waals surface area (Å²) < 4.78 is 11.9. The first-order chi connectivity index (χ1) is 15.0. The minimum absolute atomic E-state index is 0.0566. The number of thioether (sulfide) groups is 1. The molecule has 1 N–H and O–H groups in total. The largest absolute Gasteiger partial charge is 0.462 e. The zero-order valence-corrected chi connectivity index (χ0v) is 19.3. The molecule has 1 fully saturated rings. The number of anilines is 1. The Kier molecular flexibility index (Phi) is 8.02. The summed E-state index contributed by atoms with van der Waals surface area (Å²) in [5.41, 5.74) is 0.596. The smallest absolute Gasteiger partial charge is 0.348 e. The van der Waals surface area contributed by atoms with Gasteiger partial charge in [0.25, 0.3) is 0 Å². The van der Waals surface area contributed by atoms with Crippen LogP contribution >= 0.6 is 23.1 Å². The van der Waals surface area contributed by atoms with Gasteiger partial charge in [0.05, 0.1) is 30.6 Å². The average molecular weight is 468 g/mol. The minimum Gasteiger partial charge on any atom is -0.462 e. The van der Waals surface area contributed by atoms with Crippen LogP contribution in [0, 0.1) is 6.92 Å². The summed E-state index contributed by atoms with van der Waals surface area (Å²) in [6.45, 7) is 5.41. The average Bonchev–Trinajstić information content (AvgIpc) is 3.46. The highest BCUT2D eigenvalue weighted by Gasteiger charge is 2.28. The first-order valence-corrected chi connectivity index (χ1v) is 11.9. The van der Waals surface area contributed by atoms with Crippen molar-refractivity contribution in [2.45, 2.75) is 57.7 Å². The van der Waals surface area contributed by atoms with Crippen LogP contribution in [-0.4, -0.2) is 57.0 Å². The highest BCUT2D eigenvalue weighted by atomic mass is 32.2. The standard InChI is InChI=1S/C19H25N5O5S2/c1-4-28-17(26)14-11(3)15(18(27)29-5-2)31-16(14)20-13(25)10-30-19-21-22-23-24(19)12-8-6-7-9-12/h12H,4-10H2,1-3H3,(H,20,25). The Labute approximate surface area is 188 Å². The summed E-state index contributed by atoms with van der Waals surface area (Å²) in [6, 6.07) is 0.267. The molecule has 3 rings (SSSR count). The van der Waals surface area contributed by atoms with Crippen LogP contribution in [0.15, 0.2) is 5.16 Å². The van der Waals surface area contributed by atoms with Crippen molar-refractivity contribution in [2.24, 2.45) is 0 Å². The third-order valence-corrected chi connectivity index (χ3v) is 6.93. The first kappa shape index (κ1) is 23.2. The van der Waals surface area contributed by atoms with Crippen molar-refractivity contribution in [3.63, 3.8) is 0 Å². The van der Waals surface area contributed by atoms with Crippen LogP contribution in [0.5, 0.6) is 0 Å². The van der Waals surface area contributed by atoms with Gasteiger partial charge in [0.2, 0.25) is 11.1 Å². The molecule has 1 aliphatic carbocycles. The lowest BCUT2D eigenvalue weighted by atomic mass is 10.1. The van der Waals surface area contributed by atoms with Crippen LogP contribution < -0.4 is 5.32 Å². The van der Waals surface area contributed by atoms with E-state index < -0.39 is 11.9 Å². The van der Waals surface area contributed by atoms with Gasteiger partial charge in [-0.2, -0.15) is 0 Å². The quantitative estimate of drug-likeness (QED) is 0.437.